The smallest absolute Gasteiger partial charge is 0.152 e. The van der Waals surface area contributed by atoms with Gasteiger partial charge in [0.05, 0.1) is 6.42 Å². The quantitative estimate of drug-likeness (QED) is 0.506. The van der Waals surface area contributed by atoms with Gasteiger partial charge >= 0.3 is 0 Å². The van der Waals surface area contributed by atoms with Crippen LogP contribution >= 0.6 is 11.6 Å². The molecule has 16 heavy (non-hydrogen) atoms. The number of nitrogens with zero attached hydrogens (tertiary/aromatic N) is 2. The molecule has 0 aliphatic carbocycles. The fraction of sp³-hybridized carbons (Fsp3) is 0.0909. The van der Waals surface area contributed by atoms with Crippen LogP contribution in [0.1, 0.15) is 5.76 Å². The second-order valence-corrected chi connectivity index (χ2v) is 3.63. The summed E-state index contributed by atoms with van der Waals surface area (Å²) in [6, 6.07) is 11.4. The van der Waals surface area contributed by atoms with Crippen LogP contribution in [-0.4, -0.2) is 15.5 Å². The molecule has 1 N–H and O–H groups in total. The van der Waals surface area contributed by atoms with E-state index in [9.17, 15) is 0 Å². The first kappa shape index (κ1) is 10.7. The number of halogens is 1. The van der Waals surface area contributed by atoms with E-state index in [-0.39, 0.29) is 11.6 Å². The van der Waals surface area contributed by atoms with Crippen LogP contribution in [0, 0.1) is 0 Å². The Morgan fingerprint density at radius 1 is 1.38 bits per heavy atom. The zero-order chi connectivity index (χ0) is 11.4. The van der Waals surface area contributed by atoms with Gasteiger partial charge in [0.25, 0.3) is 0 Å². The maximum atomic E-state index is 8.41. The van der Waals surface area contributed by atoms with Crippen LogP contribution in [-0.2, 0) is 6.42 Å². The van der Waals surface area contributed by atoms with Gasteiger partial charge in [0, 0.05) is 11.6 Å². The molecule has 0 aliphatic heterocycles. The highest BCUT2D eigenvalue weighted by Crippen LogP contribution is 2.19. The molecule has 0 unspecified atom stereocenters. The summed E-state index contributed by atoms with van der Waals surface area (Å²) in [5.41, 5.74) is 1.70. The van der Waals surface area contributed by atoms with Crippen LogP contribution in [0.2, 0.25) is 0 Å². The third-order valence-electron chi connectivity index (χ3n) is 2.06. The number of hydrogen-bond acceptors (Lipinski definition) is 4. The standard InChI is InChI=1S/C11H9ClN2O2/c12-11(13-15)7-9-6-10(14-16-9)8-4-2-1-3-5-8/h1-6,15H,7H2. The summed E-state index contributed by atoms with van der Waals surface area (Å²) in [5.74, 6) is 0.557. The van der Waals surface area contributed by atoms with Crippen molar-refractivity contribution in [2.24, 2.45) is 5.16 Å². The fourth-order valence-electron chi connectivity index (χ4n) is 1.32. The summed E-state index contributed by atoms with van der Waals surface area (Å²) >= 11 is 5.57. The molecule has 0 bridgehead atoms. The van der Waals surface area contributed by atoms with Crippen molar-refractivity contribution >= 4 is 16.8 Å². The van der Waals surface area contributed by atoms with Gasteiger partial charge in [-0.25, -0.2) is 0 Å². The van der Waals surface area contributed by atoms with E-state index in [1.54, 1.807) is 6.07 Å². The summed E-state index contributed by atoms with van der Waals surface area (Å²) in [7, 11) is 0. The van der Waals surface area contributed by atoms with Crippen molar-refractivity contribution in [1.82, 2.24) is 5.16 Å². The Bertz CT molecular complexity index is 494. The van der Waals surface area contributed by atoms with Gasteiger partial charge in [-0.05, 0) is 0 Å². The first-order chi connectivity index (χ1) is 7.79. The van der Waals surface area contributed by atoms with Crippen LogP contribution in [0.4, 0.5) is 0 Å². The largest absolute Gasteiger partial charge is 0.410 e. The lowest BCUT2D eigenvalue weighted by Crippen LogP contribution is -1.91. The fourth-order valence-corrected chi connectivity index (χ4v) is 1.45. The SMILES string of the molecule is ON=C(Cl)Cc1cc(-c2ccccc2)no1. The van der Waals surface area contributed by atoms with Crippen molar-refractivity contribution in [1.29, 1.82) is 0 Å². The van der Waals surface area contributed by atoms with Gasteiger partial charge in [-0.2, -0.15) is 0 Å². The first-order valence-corrected chi connectivity index (χ1v) is 5.05. The molecular weight excluding hydrogens is 228 g/mol. The summed E-state index contributed by atoms with van der Waals surface area (Å²) in [6.45, 7) is 0. The van der Waals surface area contributed by atoms with E-state index in [1.165, 1.54) is 0 Å². The number of aromatic nitrogens is 1. The van der Waals surface area contributed by atoms with Gasteiger partial charge < -0.3 is 9.73 Å². The van der Waals surface area contributed by atoms with Crippen LogP contribution in [0.25, 0.3) is 11.3 Å². The lowest BCUT2D eigenvalue weighted by molar-refractivity contribution is 0.318. The maximum Gasteiger partial charge on any atom is 0.152 e. The van der Waals surface area contributed by atoms with E-state index in [0.717, 1.165) is 11.3 Å². The Morgan fingerprint density at radius 3 is 2.81 bits per heavy atom. The Balaban J connectivity index is 2.20. The number of rotatable bonds is 3. The van der Waals surface area contributed by atoms with Gasteiger partial charge in [-0.3, -0.25) is 0 Å². The van der Waals surface area contributed by atoms with E-state index in [1.807, 2.05) is 30.3 Å². The third kappa shape index (κ3) is 2.41. The van der Waals surface area contributed by atoms with Gasteiger partial charge in [-0.1, -0.05) is 52.2 Å². The average molecular weight is 237 g/mol. The zero-order valence-electron chi connectivity index (χ0n) is 8.30. The number of oxime groups is 1. The maximum absolute atomic E-state index is 8.41. The highest BCUT2D eigenvalue weighted by atomic mass is 35.5. The van der Waals surface area contributed by atoms with Crippen molar-refractivity contribution in [2.45, 2.75) is 6.42 Å². The lowest BCUT2D eigenvalue weighted by atomic mass is 10.1. The average Bonchev–Trinajstić information content (AvgIpc) is 2.78. The summed E-state index contributed by atoms with van der Waals surface area (Å²) < 4.78 is 5.07. The minimum atomic E-state index is 0.0655. The van der Waals surface area contributed by atoms with Crippen molar-refractivity contribution in [2.75, 3.05) is 0 Å². The molecule has 4 nitrogen and oxygen atoms in total. The number of hydrogen-bond donors (Lipinski definition) is 1. The Kier molecular flexibility index (Phi) is 3.22. The molecule has 2 rings (SSSR count). The minimum absolute atomic E-state index is 0.0655. The molecule has 0 saturated carbocycles. The second-order valence-electron chi connectivity index (χ2n) is 3.20. The lowest BCUT2D eigenvalue weighted by Gasteiger charge is -1.91. The molecule has 0 atom stereocenters. The summed E-state index contributed by atoms with van der Waals surface area (Å²) in [6.07, 6.45) is 0.234. The molecule has 0 radical (unpaired) electrons. The molecule has 0 fully saturated rings. The highest BCUT2D eigenvalue weighted by Gasteiger charge is 2.08. The van der Waals surface area contributed by atoms with E-state index in [4.69, 9.17) is 21.3 Å². The molecule has 1 aromatic heterocycles. The molecule has 82 valence electrons. The molecule has 1 heterocycles. The first-order valence-electron chi connectivity index (χ1n) is 4.67. The molecule has 0 amide bonds. The summed E-state index contributed by atoms with van der Waals surface area (Å²) in [4.78, 5) is 0. The number of benzene rings is 1. The topological polar surface area (TPSA) is 58.6 Å². The molecule has 0 saturated heterocycles. The van der Waals surface area contributed by atoms with E-state index in [2.05, 4.69) is 10.3 Å². The minimum Gasteiger partial charge on any atom is -0.410 e. The van der Waals surface area contributed by atoms with E-state index < -0.39 is 0 Å². The molecule has 0 spiro atoms. The Morgan fingerprint density at radius 2 is 2.12 bits per heavy atom. The summed E-state index contributed by atoms with van der Waals surface area (Å²) in [5, 5.41) is 15.2. The Hall–Kier alpha value is -1.81. The van der Waals surface area contributed by atoms with E-state index in [0.29, 0.717) is 5.76 Å². The van der Waals surface area contributed by atoms with Gasteiger partial charge in [-0.15, -0.1) is 0 Å². The molecule has 5 heteroatoms. The predicted octanol–water partition coefficient (Wildman–Crippen LogP) is 2.91. The molecular formula is C11H9ClN2O2. The van der Waals surface area contributed by atoms with Crippen molar-refractivity contribution in [3.63, 3.8) is 0 Å². The second kappa shape index (κ2) is 4.81. The Labute approximate surface area is 97.1 Å². The molecule has 2 aromatic rings. The van der Waals surface area contributed by atoms with Crippen LogP contribution in [0.3, 0.4) is 0 Å². The zero-order valence-corrected chi connectivity index (χ0v) is 9.05. The monoisotopic (exact) mass is 236 g/mol. The van der Waals surface area contributed by atoms with Crippen molar-refractivity contribution in [3.8, 4) is 11.3 Å². The highest BCUT2D eigenvalue weighted by molar-refractivity contribution is 6.65. The van der Waals surface area contributed by atoms with E-state index >= 15 is 0 Å². The van der Waals surface area contributed by atoms with Gasteiger partial charge in [0.15, 0.2) is 5.17 Å². The molecule has 1 aromatic carbocycles. The predicted molar refractivity (Wildman–Crippen MR) is 60.7 cm³/mol. The van der Waals surface area contributed by atoms with Gasteiger partial charge in [0.2, 0.25) is 0 Å². The van der Waals surface area contributed by atoms with Crippen LogP contribution < -0.4 is 0 Å². The van der Waals surface area contributed by atoms with Crippen LogP contribution in [0.15, 0.2) is 46.1 Å². The van der Waals surface area contributed by atoms with Crippen LogP contribution in [0.5, 0.6) is 0 Å². The molecule has 0 aliphatic rings. The van der Waals surface area contributed by atoms with Crippen molar-refractivity contribution in [3.05, 3.63) is 42.2 Å². The van der Waals surface area contributed by atoms with Gasteiger partial charge in [0.1, 0.15) is 11.5 Å². The normalized spacial score (nSPS) is 11.7. The van der Waals surface area contributed by atoms with Crippen molar-refractivity contribution < 1.29 is 9.73 Å². The third-order valence-corrected chi connectivity index (χ3v) is 2.27.